The Kier molecular flexibility index (Phi) is 5.96. The van der Waals surface area contributed by atoms with Crippen molar-refractivity contribution in [1.82, 2.24) is 0 Å². The van der Waals surface area contributed by atoms with Crippen molar-refractivity contribution in [1.29, 1.82) is 0 Å². The molecule has 1 fully saturated rings. The fourth-order valence-electron chi connectivity index (χ4n) is 3.30. The van der Waals surface area contributed by atoms with E-state index in [9.17, 15) is 27.2 Å². The van der Waals surface area contributed by atoms with Gasteiger partial charge in [0.05, 0.1) is 0 Å². The number of hydrogen-bond acceptors (Lipinski definition) is 2. The van der Waals surface area contributed by atoms with Crippen molar-refractivity contribution in [3.05, 3.63) is 59.7 Å². The zero-order valence-electron chi connectivity index (χ0n) is 14.8. The highest BCUT2D eigenvalue weighted by molar-refractivity contribution is 5.95. The van der Waals surface area contributed by atoms with Gasteiger partial charge < -0.3 is 10.6 Å². The molecule has 8 heteroatoms. The van der Waals surface area contributed by atoms with E-state index in [2.05, 4.69) is 10.6 Å². The maximum Gasteiger partial charge on any atom is 0.227 e. The zero-order valence-corrected chi connectivity index (χ0v) is 14.8. The molecule has 1 aliphatic carbocycles. The van der Waals surface area contributed by atoms with Gasteiger partial charge in [-0.3, -0.25) is 9.59 Å². The number of carbonyl (C=O) groups is 2. The smallest absolute Gasteiger partial charge is 0.227 e. The molecule has 0 heterocycles. The van der Waals surface area contributed by atoms with Crippen molar-refractivity contribution in [3.8, 4) is 0 Å². The fourth-order valence-corrected chi connectivity index (χ4v) is 3.30. The monoisotopic (exact) mass is 394 g/mol. The number of halogens is 4. The van der Waals surface area contributed by atoms with Gasteiger partial charge >= 0.3 is 0 Å². The lowest BCUT2D eigenvalue weighted by Crippen LogP contribution is -2.33. The first kappa shape index (κ1) is 19.9. The summed E-state index contributed by atoms with van der Waals surface area (Å²) < 4.78 is 52.5. The summed E-state index contributed by atoms with van der Waals surface area (Å²) in [7, 11) is 0. The molecule has 0 spiro atoms. The average Bonchev–Trinajstić information content (AvgIpc) is 2.67. The molecular formula is C20H18F4N2O2. The van der Waals surface area contributed by atoms with Gasteiger partial charge in [0.15, 0.2) is 23.3 Å². The molecule has 2 aromatic carbocycles. The van der Waals surface area contributed by atoms with Gasteiger partial charge in [0.1, 0.15) is 0 Å². The second-order valence-electron chi connectivity index (χ2n) is 6.80. The first-order valence-electron chi connectivity index (χ1n) is 8.85. The molecule has 4 nitrogen and oxygen atoms in total. The second kappa shape index (κ2) is 8.41. The lowest BCUT2D eigenvalue weighted by molar-refractivity contribution is -0.124. The molecule has 0 bridgehead atoms. The quantitative estimate of drug-likeness (QED) is 0.743. The Hall–Kier alpha value is -2.90. The highest BCUT2D eigenvalue weighted by atomic mass is 19.2. The van der Waals surface area contributed by atoms with Crippen LogP contribution in [-0.2, 0) is 9.59 Å². The van der Waals surface area contributed by atoms with Gasteiger partial charge in [-0.2, -0.15) is 0 Å². The van der Waals surface area contributed by atoms with Crippen molar-refractivity contribution in [2.45, 2.75) is 25.7 Å². The second-order valence-corrected chi connectivity index (χ2v) is 6.80. The Morgan fingerprint density at radius 3 is 1.54 bits per heavy atom. The minimum atomic E-state index is -1.06. The molecule has 2 amide bonds. The topological polar surface area (TPSA) is 58.2 Å². The maximum absolute atomic E-state index is 13.3. The Labute approximate surface area is 158 Å². The van der Waals surface area contributed by atoms with Crippen LogP contribution in [0.3, 0.4) is 0 Å². The van der Waals surface area contributed by atoms with Gasteiger partial charge in [-0.1, -0.05) is 6.42 Å². The Morgan fingerprint density at radius 2 is 1.14 bits per heavy atom. The number of benzene rings is 2. The molecule has 28 heavy (non-hydrogen) atoms. The molecule has 148 valence electrons. The van der Waals surface area contributed by atoms with Gasteiger partial charge in [-0.25, -0.2) is 17.6 Å². The van der Waals surface area contributed by atoms with E-state index in [0.29, 0.717) is 19.3 Å². The third-order valence-electron chi connectivity index (χ3n) is 4.79. The van der Waals surface area contributed by atoms with Gasteiger partial charge in [-0.05, 0) is 43.5 Å². The van der Waals surface area contributed by atoms with E-state index in [-0.39, 0.29) is 29.6 Å². The minimum absolute atomic E-state index is 0.136. The molecular weight excluding hydrogens is 376 g/mol. The number of amides is 2. The van der Waals surface area contributed by atoms with Crippen molar-refractivity contribution in [2.75, 3.05) is 10.6 Å². The number of nitrogens with one attached hydrogen (secondary N) is 2. The molecule has 3 rings (SSSR count). The van der Waals surface area contributed by atoms with Gasteiger partial charge in [-0.15, -0.1) is 0 Å². The summed E-state index contributed by atoms with van der Waals surface area (Å²) in [6.07, 6.45) is 2.02. The van der Waals surface area contributed by atoms with Gasteiger partial charge in [0.25, 0.3) is 0 Å². The molecule has 2 unspecified atom stereocenters. The molecule has 2 aromatic rings. The van der Waals surface area contributed by atoms with Crippen LogP contribution in [0.1, 0.15) is 25.7 Å². The molecule has 0 saturated heterocycles. The van der Waals surface area contributed by atoms with E-state index < -0.39 is 35.1 Å². The standard InChI is InChI=1S/C20H18F4N2O2/c21-15-6-4-13(9-17(15)23)25-19(27)11-2-1-3-12(8-11)20(28)26-14-5-7-16(22)18(24)10-14/h4-7,9-12H,1-3,8H2,(H,25,27)(H,26,28). The van der Waals surface area contributed by atoms with Crippen LogP contribution in [-0.4, -0.2) is 11.8 Å². The van der Waals surface area contributed by atoms with E-state index in [0.717, 1.165) is 24.3 Å². The Morgan fingerprint density at radius 1 is 0.714 bits per heavy atom. The van der Waals surface area contributed by atoms with Crippen LogP contribution < -0.4 is 10.6 Å². The van der Waals surface area contributed by atoms with Crippen LogP contribution in [0.5, 0.6) is 0 Å². The highest BCUT2D eigenvalue weighted by Crippen LogP contribution is 2.31. The number of anilines is 2. The fraction of sp³-hybridized carbons (Fsp3) is 0.300. The lowest BCUT2D eigenvalue weighted by atomic mass is 9.80. The first-order valence-corrected chi connectivity index (χ1v) is 8.85. The summed E-state index contributed by atoms with van der Waals surface area (Å²) >= 11 is 0. The van der Waals surface area contributed by atoms with Crippen LogP contribution in [0.25, 0.3) is 0 Å². The summed E-state index contributed by atoms with van der Waals surface area (Å²) in [4.78, 5) is 24.8. The van der Waals surface area contributed by atoms with Gasteiger partial charge in [0, 0.05) is 35.3 Å². The van der Waals surface area contributed by atoms with Crippen molar-refractivity contribution in [3.63, 3.8) is 0 Å². The Bertz CT molecular complexity index is 832. The minimum Gasteiger partial charge on any atom is -0.326 e. The number of hydrogen-bond donors (Lipinski definition) is 2. The van der Waals surface area contributed by atoms with Crippen molar-refractivity contribution < 1.29 is 27.2 Å². The zero-order chi connectivity index (χ0) is 20.3. The normalized spacial score (nSPS) is 19.1. The average molecular weight is 394 g/mol. The Balaban J connectivity index is 1.60. The molecule has 1 aliphatic rings. The summed E-state index contributed by atoms with van der Waals surface area (Å²) in [5.41, 5.74) is 0.273. The van der Waals surface area contributed by atoms with Crippen molar-refractivity contribution >= 4 is 23.2 Å². The van der Waals surface area contributed by atoms with E-state index in [1.54, 1.807) is 0 Å². The largest absolute Gasteiger partial charge is 0.326 e. The lowest BCUT2D eigenvalue weighted by Gasteiger charge is -2.27. The summed E-state index contributed by atoms with van der Waals surface area (Å²) in [6.45, 7) is 0. The summed E-state index contributed by atoms with van der Waals surface area (Å²) in [5.74, 6) is -5.84. The molecule has 2 N–H and O–H groups in total. The molecule has 1 saturated carbocycles. The van der Waals surface area contributed by atoms with E-state index in [1.807, 2.05) is 0 Å². The molecule has 0 aromatic heterocycles. The number of rotatable bonds is 4. The van der Waals surface area contributed by atoms with Crippen LogP contribution >= 0.6 is 0 Å². The van der Waals surface area contributed by atoms with Crippen molar-refractivity contribution in [2.24, 2.45) is 11.8 Å². The van der Waals surface area contributed by atoms with Crippen LogP contribution in [0.4, 0.5) is 28.9 Å². The van der Waals surface area contributed by atoms with E-state index in [4.69, 9.17) is 0 Å². The molecule has 0 aliphatic heterocycles. The molecule has 2 atom stereocenters. The third kappa shape index (κ3) is 4.68. The number of carbonyl (C=O) groups excluding carboxylic acids is 2. The van der Waals surface area contributed by atoms with E-state index in [1.165, 1.54) is 12.1 Å². The van der Waals surface area contributed by atoms with Crippen LogP contribution in [0.2, 0.25) is 0 Å². The predicted octanol–water partition coefficient (Wildman–Crippen LogP) is 4.63. The summed E-state index contributed by atoms with van der Waals surface area (Å²) in [6, 6.07) is 6.14. The van der Waals surface area contributed by atoms with Crippen LogP contribution in [0.15, 0.2) is 36.4 Å². The highest BCUT2D eigenvalue weighted by Gasteiger charge is 2.31. The first-order chi connectivity index (χ1) is 13.3. The SMILES string of the molecule is O=C(Nc1ccc(F)c(F)c1)C1CCCC(C(=O)Nc2ccc(F)c(F)c2)C1. The maximum atomic E-state index is 13.3. The predicted molar refractivity (Wildman–Crippen MR) is 95.4 cm³/mol. The van der Waals surface area contributed by atoms with E-state index >= 15 is 0 Å². The van der Waals surface area contributed by atoms with Crippen LogP contribution in [0, 0.1) is 35.1 Å². The third-order valence-corrected chi connectivity index (χ3v) is 4.79. The molecule has 0 radical (unpaired) electrons. The summed E-state index contributed by atoms with van der Waals surface area (Å²) in [5, 5.41) is 5.07. The van der Waals surface area contributed by atoms with Gasteiger partial charge in [0.2, 0.25) is 11.8 Å².